The van der Waals surface area contributed by atoms with Crippen molar-refractivity contribution in [1.82, 2.24) is 9.88 Å². The lowest BCUT2D eigenvalue weighted by molar-refractivity contribution is 0.0303. The highest BCUT2D eigenvalue weighted by Crippen LogP contribution is 2.19. The zero-order valence-corrected chi connectivity index (χ0v) is 13.4. The topological polar surface area (TPSA) is 54.5 Å². The third-order valence-electron chi connectivity index (χ3n) is 3.74. The minimum atomic E-state index is -0.0249. The van der Waals surface area contributed by atoms with Crippen molar-refractivity contribution in [1.29, 1.82) is 0 Å². The fraction of sp³-hybridized carbons (Fsp3) is 0.294. The summed E-state index contributed by atoms with van der Waals surface area (Å²) >= 11 is 6.17. The van der Waals surface area contributed by atoms with Gasteiger partial charge in [-0.3, -0.25) is 4.79 Å². The van der Waals surface area contributed by atoms with Crippen molar-refractivity contribution in [2.45, 2.75) is 6.54 Å². The molecule has 0 spiro atoms. The van der Waals surface area contributed by atoms with Crippen molar-refractivity contribution < 1.29 is 9.53 Å². The molecule has 0 aliphatic carbocycles. The summed E-state index contributed by atoms with van der Waals surface area (Å²) in [6, 6.07) is 11.2. The van der Waals surface area contributed by atoms with E-state index in [4.69, 9.17) is 16.3 Å². The van der Waals surface area contributed by atoms with E-state index in [-0.39, 0.29) is 5.91 Å². The molecular formula is C17H18ClN3O2. The third kappa shape index (κ3) is 3.81. The molecule has 0 saturated carbocycles. The van der Waals surface area contributed by atoms with Gasteiger partial charge in [-0.2, -0.15) is 0 Å². The lowest BCUT2D eigenvalue weighted by Gasteiger charge is -2.27. The highest BCUT2D eigenvalue weighted by Gasteiger charge is 2.21. The molecule has 1 saturated heterocycles. The minimum Gasteiger partial charge on any atom is -0.378 e. The van der Waals surface area contributed by atoms with E-state index in [9.17, 15) is 4.79 Å². The lowest BCUT2D eigenvalue weighted by Crippen LogP contribution is -2.41. The standard InChI is InChI=1S/C17H18ClN3O2/c18-15-6-2-1-4-13(15)12-20-16-14(5-3-7-19-16)17(22)21-8-10-23-11-9-21/h1-7H,8-12H2,(H,19,20). The Bertz CT molecular complexity index is 687. The molecule has 120 valence electrons. The van der Waals surface area contributed by atoms with Crippen LogP contribution in [0.3, 0.4) is 0 Å². The molecule has 1 amide bonds. The fourth-order valence-corrected chi connectivity index (χ4v) is 2.68. The van der Waals surface area contributed by atoms with Crippen LogP contribution < -0.4 is 5.32 Å². The number of pyridine rings is 1. The van der Waals surface area contributed by atoms with Crippen LogP contribution in [0.4, 0.5) is 5.82 Å². The van der Waals surface area contributed by atoms with E-state index >= 15 is 0 Å². The van der Waals surface area contributed by atoms with Crippen LogP contribution in [0, 0.1) is 0 Å². The van der Waals surface area contributed by atoms with Crippen molar-refractivity contribution >= 4 is 23.3 Å². The summed E-state index contributed by atoms with van der Waals surface area (Å²) in [5.74, 6) is 0.548. The number of amides is 1. The molecule has 0 radical (unpaired) electrons. The number of benzene rings is 1. The van der Waals surface area contributed by atoms with Crippen molar-refractivity contribution in [3.8, 4) is 0 Å². The van der Waals surface area contributed by atoms with Gasteiger partial charge in [0.1, 0.15) is 5.82 Å². The Morgan fingerprint density at radius 1 is 1.22 bits per heavy atom. The number of ether oxygens (including phenoxy) is 1. The average molecular weight is 332 g/mol. The zero-order chi connectivity index (χ0) is 16.1. The van der Waals surface area contributed by atoms with E-state index in [1.807, 2.05) is 24.3 Å². The molecule has 23 heavy (non-hydrogen) atoms. The minimum absolute atomic E-state index is 0.0249. The number of morpholine rings is 1. The van der Waals surface area contributed by atoms with E-state index in [2.05, 4.69) is 10.3 Å². The Balaban J connectivity index is 1.75. The summed E-state index contributed by atoms with van der Waals surface area (Å²) in [5, 5.41) is 3.91. The summed E-state index contributed by atoms with van der Waals surface area (Å²) in [7, 11) is 0. The number of nitrogens with one attached hydrogen (secondary N) is 1. The number of hydrogen-bond donors (Lipinski definition) is 1. The molecule has 6 heteroatoms. The van der Waals surface area contributed by atoms with Crippen molar-refractivity contribution in [3.05, 3.63) is 58.7 Å². The molecule has 1 fully saturated rings. The van der Waals surface area contributed by atoms with Crippen LogP contribution in [0.25, 0.3) is 0 Å². The molecule has 1 N–H and O–H groups in total. The second kappa shape index (κ2) is 7.44. The Labute approximate surface area is 140 Å². The van der Waals surface area contributed by atoms with E-state index < -0.39 is 0 Å². The second-order valence-electron chi connectivity index (χ2n) is 5.25. The number of rotatable bonds is 4. The molecule has 3 rings (SSSR count). The first-order valence-electron chi connectivity index (χ1n) is 7.55. The van der Waals surface area contributed by atoms with Crippen molar-refractivity contribution in [3.63, 3.8) is 0 Å². The third-order valence-corrected chi connectivity index (χ3v) is 4.11. The van der Waals surface area contributed by atoms with E-state index in [0.717, 1.165) is 5.56 Å². The molecule has 2 heterocycles. The molecule has 1 aromatic carbocycles. The van der Waals surface area contributed by atoms with Crippen LogP contribution in [0.1, 0.15) is 15.9 Å². The molecule has 5 nitrogen and oxygen atoms in total. The van der Waals surface area contributed by atoms with Gasteiger partial charge >= 0.3 is 0 Å². The van der Waals surface area contributed by atoms with Crippen LogP contribution in [-0.2, 0) is 11.3 Å². The molecule has 1 aromatic heterocycles. The van der Waals surface area contributed by atoms with Gasteiger partial charge in [0.05, 0.1) is 18.8 Å². The second-order valence-corrected chi connectivity index (χ2v) is 5.66. The van der Waals surface area contributed by atoms with Gasteiger partial charge in [0.15, 0.2) is 0 Å². The number of carbonyl (C=O) groups is 1. The Morgan fingerprint density at radius 2 is 2.00 bits per heavy atom. The number of nitrogens with zero attached hydrogens (tertiary/aromatic N) is 2. The first-order chi connectivity index (χ1) is 11.3. The number of carbonyl (C=O) groups excluding carboxylic acids is 1. The van der Waals surface area contributed by atoms with Gasteiger partial charge in [0.2, 0.25) is 0 Å². The van der Waals surface area contributed by atoms with E-state index in [0.29, 0.717) is 49.3 Å². The largest absolute Gasteiger partial charge is 0.378 e. The monoisotopic (exact) mass is 331 g/mol. The summed E-state index contributed by atoms with van der Waals surface area (Å²) in [6.45, 7) is 2.89. The maximum atomic E-state index is 12.7. The lowest BCUT2D eigenvalue weighted by atomic mass is 10.2. The van der Waals surface area contributed by atoms with E-state index in [1.165, 1.54) is 0 Å². The van der Waals surface area contributed by atoms with Gasteiger partial charge in [0.25, 0.3) is 5.91 Å². The maximum absolute atomic E-state index is 12.7. The van der Waals surface area contributed by atoms with Crippen molar-refractivity contribution in [2.75, 3.05) is 31.6 Å². The number of hydrogen-bond acceptors (Lipinski definition) is 4. The summed E-state index contributed by atoms with van der Waals surface area (Å²) in [5.41, 5.74) is 1.53. The Kier molecular flexibility index (Phi) is 5.10. The first kappa shape index (κ1) is 15.8. The smallest absolute Gasteiger partial charge is 0.257 e. The SMILES string of the molecule is O=C(c1cccnc1NCc1ccccc1Cl)N1CCOCC1. The molecule has 0 atom stereocenters. The number of aromatic nitrogens is 1. The summed E-state index contributed by atoms with van der Waals surface area (Å²) in [6.07, 6.45) is 1.67. The predicted molar refractivity (Wildman–Crippen MR) is 89.7 cm³/mol. The molecular weight excluding hydrogens is 314 g/mol. The van der Waals surface area contributed by atoms with Gasteiger partial charge in [0, 0.05) is 30.9 Å². The van der Waals surface area contributed by atoms with Crippen LogP contribution in [-0.4, -0.2) is 42.1 Å². The maximum Gasteiger partial charge on any atom is 0.257 e. The molecule has 0 unspecified atom stereocenters. The highest BCUT2D eigenvalue weighted by molar-refractivity contribution is 6.31. The van der Waals surface area contributed by atoms with Gasteiger partial charge in [-0.15, -0.1) is 0 Å². The van der Waals surface area contributed by atoms with Gasteiger partial charge < -0.3 is 15.0 Å². The average Bonchev–Trinajstić information content (AvgIpc) is 2.61. The van der Waals surface area contributed by atoms with Crippen LogP contribution in [0.2, 0.25) is 5.02 Å². The molecule has 2 aromatic rings. The molecule has 1 aliphatic heterocycles. The highest BCUT2D eigenvalue weighted by atomic mass is 35.5. The molecule has 0 bridgehead atoms. The summed E-state index contributed by atoms with van der Waals surface area (Å²) < 4.78 is 5.29. The van der Waals surface area contributed by atoms with Gasteiger partial charge in [-0.25, -0.2) is 4.98 Å². The summed E-state index contributed by atoms with van der Waals surface area (Å²) in [4.78, 5) is 18.8. The fourth-order valence-electron chi connectivity index (χ4n) is 2.48. The molecule has 1 aliphatic rings. The quantitative estimate of drug-likeness (QED) is 0.936. The van der Waals surface area contributed by atoms with Gasteiger partial charge in [-0.1, -0.05) is 29.8 Å². The van der Waals surface area contributed by atoms with Crippen LogP contribution >= 0.6 is 11.6 Å². The predicted octanol–water partition coefficient (Wildman–Crippen LogP) is 2.82. The number of halogens is 1. The van der Waals surface area contributed by atoms with Crippen molar-refractivity contribution in [2.24, 2.45) is 0 Å². The normalized spacial score (nSPS) is 14.6. The Morgan fingerprint density at radius 3 is 2.78 bits per heavy atom. The van der Waals surface area contributed by atoms with Crippen LogP contribution in [0.5, 0.6) is 0 Å². The van der Waals surface area contributed by atoms with E-state index in [1.54, 1.807) is 23.2 Å². The zero-order valence-electron chi connectivity index (χ0n) is 12.7. The van der Waals surface area contributed by atoms with Crippen LogP contribution in [0.15, 0.2) is 42.6 Å². The Hall–Kier alpha value is -2.11. The first-order valence-corrected chi connectivity index (χ1v) is 7.93. The van der Waals surface area contributed by atoms with Gasteiger partial charge in [-0.05, 0) is 23.8 Å². The number of anilines is 1.